The van der Waals surface area contributed by atoms with Crippen LogP contribution in [0.5, 0.6) is 0 Å². The molecule has 0 atom stereocenters. The molecule has 0 unspecified atom stereocenters. The normalized spacial score (nSPS) is 10.3. The SMILES string of the molecule is CSc1ccccc1NC(=O)CN(C)C(=O)COC(=O)c1cc(C)cc(C)c1. The van der Waals surface area contributed by atoms with Crippen LogP contribution in [0.2, 0.25) is 0 Å². The Morgan fingerprint density at radius 3 is 2.36 bits per heavy atom. The van der Waals surface area contributed by atoms with Gasteiger partial charge in [-0.25, -0.2) is 4.79 Å². The van der Waals surface area contributed by atoms with E-state index in [-0.39, 0.29) is 12.5 Å². The molecule has 2 rings (SSSR count). The van der Waals surface area contributed by atoms with Crippen LogP contribution in [-0.2, 0) is 14.3 Å². The zero-order valence-corrected chi connectivity index (χ0v) is 17.3. The monoisotopic (exact) mass is 400 g/mol. The maximum absolute atomic E-state index is 12.2. The number of rotatable bonds is 7. The number of nitrogens with one attached hydrogen (secondary N) is 1. The Bertz CT molecular complexity index is 862. The van der Waals surface area contributed by atoms with E-state index >= 15 is 0 Å². The van der Waals surface area contributed by atoms with Crippen LogP contribution in [-0.4, -0.2) is 49.1 Å². The van der Waals surface area contributed by atoms with Gasteiger partial charge in [0.05, 0.1) is 17.8 Å². The predicted octanol–water partition coefficient (Wildman–Crippen LogP) is 3.28. The maximum atomic E-state index is 12.2. The van der Waals surface area contributed by atoms with Crippen molar-refractivity contribution in [2.75, 3.05) is 31.8 Å². The summed E-state index contributed by atoms with van der Waals surface area (Å²) in [5.74, 6) is -1.34. The van der Waals surface area contributed by atoms with E-state index in [1.165, 1.54) is 23.7 Å². The average Bonchev–Trinajstić information content (AvgIpc) is 2.65. The molecule has 0 spiro atoms. The summed E-state index contributed by atoms with van der Waals surface area (Å²) in [4.78, 5) is 38.7. The molecule has 0 aliphatic rings. The molecule has 28 heavy (non-hydrogen) atoms. The summed E-state index contributed by atoms with van der Waals surface area (Å²) in [7, 11) is 1.49. The number of carbonyl (C=O) groups is 3. The Balaban J connectivity index is 1.86. The van der Waals surface area contributed by atoms with Gasteiger partial charge < -0.3 is 15.0 Å². The van der Waals surface area contributed by atoms with E-state index in [1.807, 2.05) is 44.4 Å². The van der Waals surface area contributed by atoms with Gasteiger partial charge in [-0.05, 0) is 44.4 Å². The molecule has 148 valence electrons. The van der Waals surface area contributed by atoms with Crippen LogP contribution in [0.15, 0.2) is 47.4 Å². The van der Waals surface area contributed by atoms with E-state index in [0.29, 0.717) is 11.3 Å². The predicted molar refractivity (Wildman–Crippen MR) is 111 cm³/mol. The van der Waals surface area contributed by atoms with Gasteiger partial charge in [-0.2, -0.15) is 0 Å². The Morgan fingerprint density at radius 2 is 1.71 bits per heavy atom. The van der Waals surface area contributed by atoms with Crippen LogP contribution < -0.4 is 5.32 Å². The molecule has 0 radical (unpaired) electrons. The Morgan fingerprint density at radius 1 is 1.07 bits per heavy atom. The van der Waals surface area contributed by atoms with E-state index in [4.69, 9.17) is 4.74 Å². The van der Waals surface area contributed by atoms with Gasteiger partial charge in [-0.1, -0.05) is 29.3 Å². The number of aryl methyl sites for hydroxylation is 2. The van der Waals surface area contributed by atoms with E-state index in [0.717, 1.165) is 16.0 Å². The largest absolute Gasteiger partial charge is 0.452 e. The minimum Gasteiger partial charge on any atom is -0.452 e. The fourth-order valence-electron chi connectivity index (χ4n) is 2.65. The minimum atomic E-state index is -0.563. The maximum Gasteiger partial charge on any atom is 0.338 e. The van der Waals surface area contributed by atoms with Crippen molar-refractivity contribution in [1.29, 1.82) is 0 Å². The van der Waals surface area contributed by atoms with Gasteiger partial charge in [0.15, 0.2) is 6.61 Å². The fourth-order valence-corrected chi connectivity index (χ4v) is 3.21. The lowest BCUT2D eigenvalue weighted by molar-refractivity contribution is -0.136. The highest BCUT2D eigenvalue weighted by molar-refractivity contribution is 7.98. The van der Waals surface area contributed by atoms with Gasteiger partial charge in [0.1, 0.15) is 0 Å². The first-order valence-electron chi connectivity index (χ1n) is 8.72. The highest BCUT2D eigenvalue weighted by Crippen LogP contribution is 2.24. The van der Waals surface area contributed by atoms with Gasteiger partial charge in [-0.15, -0.1) is 11.8 Å². The summed E-state index contributed by atoms with van der Waals surface area (Å²) in [5.41, 5.74) is 2.98. The second-order valence-electron chi connectivity index (χ2n) is 6.45. The number of thioether (sulfide) groups is 1. The summed E-state index contributed by atoms with van der Waals surface area (Å²) in [6, 6.07) is 12.8. The molecule has 1 N–H and O–H groups in total. The number of likely N-dealkylation sites (N-methyl/N-ethyl adjacent to an activating group) is 1. The van der Waals surface area contributed by atoms with Crippen molar-refractivity contribution < 1.29 is 19.1 Å². The van der Waals surface area contributed by atoms with Crippen molar-refractivity contribution in [1.82, 2.24) is 4.90 Å². The van der Waals surface area contributed by atoms with Gasteiger partial charge >= 0.3 is 5.97 Å². The third kappa shape index (κ3) is 6.13. The zero-order valence-electron chi connectivity index (χ0n) is 16.4. The highest BCUT2D eigenvalue weighted by atomic mass is 32.2. The number of carbonyl (C=O) groups excluding carboxylic acids is 3. The van der Waals surface area contributed by atoms with Crippen molar-refractivity contribution in [3.8, 4) is 0 Å². The molecule has 0 aliphatic heterocycles. The lowest BCUT2D eigenvalue weighted by Gasteiger charge is -2.17. The molecule has 2 aromatic rings. The molecule has 0 bridgehead atoms. The molecule has 0 aliphatic carbocycles. The molecular weight excluding hydrogens is 376 g/mol. The van der Waals surface area contributed by atoms with Crippen molar-refractivity contribution in [2.45, 2.75) is 18.7 Å². The standard InChI is InChI=1S/C21H24N2O4S/c1-14-9-15(2)11-16(10-14)21(26)27-13-20(25)23(3)12-19(24)22-17-7-5-6-8-18(17)28-4/h5-11H,12-13H2,1-4H3,(H,22,24). The number of hydrogen-bond donors (Lipinski definition) is 1. The van der Waals surface area contributed by atoms with Crippen LogP contribution in [0.3, 0.4) is 0 Å². The molecule has 0 fully saturated rings. The average molecular weight is 401 g/mol. The topological polar surface area (TPSA) is 75.7 Å². The minimum absolute atomic E-state index is 0.136. The molecule has 0 saturated carbocycles. The highest BCUT2D eigenvalue weighted by Gasteiger charge is 2.17. The summed E-state index contributed by atoms with van der Waals surface area (Å²) in [6.07, 6.45) is 1.92. The number of para-hydroxylation sites is 1. The summed E-state index contributed by atoms with van der Waals surface area (Å²) in [5, 5.41) is 2.79. The van der Waals surface area contributed by atoms with E-state index in [9.17, 15) is 14.4 Å². The van der Waals surface area contributed by atoms with E-state index in [1.54, 1.807) is 18.2 Å². The number of benzene rings is 2. The third-order valence-electron chi connectivity index (χ3n) is 3.97. The second-order valence-corrected chi connectivity index (χ2v) is 7.30. The number of esters is 1. The van der Waals surface area contributed by atoms with Crippen LogP contribution >= 0.6 is 11.8 Å². The molecule has 0 saturated heterocycles. The number of hydrogen-bond acceptors (Lipinski definition) is 5. The molecule has 0 heterocycles. The van der Waals surface area contributed by atoms with E-state index in [2.05, 4.69) is 5.32 Å². The fraction of sp³-hybridized carbons (Fsp3) is 0.286. The Labute approximate surface area is 169 Å². The summed E-state index contributed by atoms with van der Waals surface area (Å²) < 4.78 is 5.09. The first-order valence-corrected chi connectivity index (χ1v) is 9.95. The van der Waals surface area contributed by atoms with Crippen molar-refractivity contribution in [3.05, 3.63) is 59.2 Å². The van der Waals surface area contributed by atoms with Gasteiger partial charge in [-0.3, -0.25) is 9.59 Å². The number of anilines is 1. The zero-order chi connectivity index (χ0) is 20.7. The Hall–Kier alpha value is -2.80. The number of amides is 2. The molecule has 2 aromatic carbocycles. The summed E-state index contributed by atoms with van der Waals surface area (Å²) >= 11 is 1.52. The lowest BCUT2D eigenvalue weighted by atomic mass is 10.1. The van der Waals surface area contributed by atoms with E-state index < -0.39 is 18.5 Å². The second kappa shape index (κ2) is 9.94. The van der Waals surface area contributed by atoms with Gasteiger partial charge in [0.2, 0.25) is 5.91 Å². The molecule has 6 nitrogen and oxygen atoms in total. The smallest absolute Gasteiger partial charge is 0.338 e. The van der Waals surface area contributed by atoms with Crippen molar-refractivity contribution in [2.24, 2.45) is 0 Å². The first-order chi connectivity index (χ1) is 13.3. The van der Waals surface area contributed by atoms with Crippen LogP contribution in [0, 0.1) is 13.8 Å². The number of ether oxygens (including phenoxy) is 1. The van der Waals surface area contributed by atoms with Crippen LogP contribution in [0.1, 0.15) is 21.5 Å². The van der Waals surface area contributed by atoms with Crippen LogP contribution in [0.4, 0.5) is 5.69 Å². The van der Waals surface area contributed by atoms with Gasteiger partial charge in [0.25, 0.3) is 5.91 Å². The summed E-state index contributed by atoms with van der Waals surface area (Å²) in [6.45, 7) is 3.21. The number of nitrogens with zero attached hydrogens (tertiary/aromatic N) is 1. The van der Waals surface area contributed by atoms with Crippen molar-refractivity contribution >= 4 is 35.2 Å². The third-order valence-corrected chi connectivity index (χ3v) is 4.77. The molecular formula is C21H24N2O4S. The molecule has 2 amide bonds. The quantitative estimate of drug-likeness (QED) is 0.570. The van der Waals surface area contributed by atoms with Crippen LogP contribution in [0.25, 0.3) is 0 Å². The lowest BCUT2D eigenvalue weighted by Crippen LogP contribution is -2.37. The van der Waals surface area contributed by atoms with Gasteiger partial charge in [0, 0.05) is 11.9 Å². The molecule has 0 aromatic heterocycles. The van der Waals surface area contributed by atoms with Crippen molar-refractivity contribution in [3.63, 3.8) is 0 Å². The Kier molecular flexibility index (Phi) is 7.63. The first kappa shape index (κ1) is 21.5. The molecule has 7 heteroatoms.